The quantitative estimate of drug-likeness (QED) is 0.715. The minimum atomic E-state index is -1.23. The van der Waals surface area contributed by atoms with Crippen LogP contribution in [0, 0.1) is 0 Å². The number of hydrogen-bond donors (Lipinski definition) is 1. The minimum absolute atomic E-state index is 0.00482. The van der Waals surface area contributed by atoms with Gasteiger partial charge in [0.1, 0.15) is 5.67 Å². The van der Waals surface area contributed by atoms with Crippen LogP contribution in [0.3, 0.4) is 0 Å². The Hall–Kier alpha value is -0.960. The molecule has 2 unspecified atom stereocenters. The predicted octanol–water partition coefficient (Wildman–Crippen LogP) is 1.76. The van der Waals surface area contributed by atoms with Crippen LogP contribution < -0.4 is 5.73 Å². The Labute approximate surface area is 77.0 Å². The second-order valence-corrected chi connectivity index (χ2v) is 3.71. The summed E-state index contributed by atoms with van der Waals surface area (Å²) in [5.74, 6) is 0. The maximum atomic E-state index is 14.2. The Balaban J connectivity index is 2.26. The molecule has 2 atom stereocenters. The second kappa shape index (κ2) is 3.07. The fourth-order valence-corrected chi connectivity index (χ4v) is 1.92. The Bertz CT molecular complexity index is 288. The standard InChI is InChI=1S/C10H13FN2/c11-10(4-3-9(12)6-10)8-2-1-5-13-7-8/h1-2,5,7,9H,3-4,6,12H2. The van der Waals surface area contributed by atoms with E-state index in [4.69, 9.17) is 5.73 Å². The minimum Gasteiger partial charge on any atom is -0.328 e. The van der Waals surface area contributed by atoms with E-state index < -0.39 is 5.67 Å². The third-order valence-corrected chi connectivity index (χ3v) is 2.68. The summed E-state index contributed by atoms with van der Waals surface area (Å²) < 4.78 is 14.2. The van der Waals surface area contributed by atoms with Crippen molar-refractivity contribution in [2.45, 2.75) is 31.0 Å². The highest BCUT2D eigenvalue weighted by Gasteiger charge is 2.39. The molecule has 0 bridgehead atoms. The molecule has 0 amide bonds. The maximum Gasteiger partial charge on any atom is 0.139 e. The van der Waals surface area contributed by atoms with E-state index in [9.17, 15) is 4.39 Å². The maximum absolute atomic E-state index is 14.2. The molecule has 1 aromatic rings. The fourth-order valence-electron chi connectivity index (χ4n) is 1.92. The first-order valence-electron chi connectivity index (χ1n) is 4.56. The normalized spacial score (nSPS) is 33.5. The van der Waals surface area contributed by atoms with Crippen molar-refractivity contribution in [2.24, 2.45) is 5.73 Å². The molecule has 1 fully saturated rings. The van der Waals surface area contributed by atoms with Gasteiger partial charge in [-0.05, 0) is 18.9 Å². The molecule has 70 valence electrons. The van der Waals surface area contributed by atoms with Crippen molar-refractivity contribution in [2.75, 3.05) is 0 Å². The van der Waals surface area contributed by atoms with E-state index in [0.717, 1.165) is 6.42 Å². The lowest BCUT2D eigenvalue weighted by molar-refractivity contribution is 0.172. The molecule has 1 aliphatic carbocycles. The van der Waals surface area contributed by atoms with Crippen LogP contribution in [0.25, 0.3) is 0 Å². The topological polar surface area (TPSA) is 38.9 Å². The first kappa shape index (κ1) is 8.63. The van der Waals surface area contributed by atoms with Crippen LogP contribution in [-0.2, 0) is 5.67 Å². The summed E-state index contributed by atoms with van der Waals surface area (Å²) in [5, 5.41) is 0. The van der Waals surface area contributed by atoms with Gasteiger partial charge in [-0.1, -0.05) is 6.07 Å². The number of alkyl halides is 1. The zero-order valence-electron chi connectivity index (χ0n) is 7.41. The summed E-state index contributed by atoms with van der Waals surface area (Å²) in [4.78, 5) is 3.92. The van der Waals surface area contributed by atoms with Gasteiger partial charge < -0.3 is 5.73 Å². The number of halogens is 1. The SMILES string of the molecule is NC1CCC(F)(c2cccnc2)C1. The predicted molar refractivity (Wildman–Crippen MR) is 48.8 cm³/mol. The monoisotopic (exact) mass is 180 g/mol. The summed E-state index contributed by atoms with van der Waals surface area (Å²) in [7, 11) is 0. The molecule has 13 heavy (non-hydrogen) atoms. The van der Waals surface area contributed by atoms with Crippen molar-refractivity contribution in [3.8, 4) is 0 Å². The summed E-state index contributed by atoms with van der Waals surface area (Å²) in [6.45, 7) is 0. The molecule has 1 saturated carbocycles. The van der Waals surface area contributed by atoms with Crippen LogP contribution >= 0.6 is 0 Å². The van der Waals surface area contributed by atoms with Gasteiger partial charge in [0.15, 0.2) is 0 Å². The summed E-state index contributed by atoms with van der Waals surface area (Å²) in [6, 6.07) is 3.55. The number of rotatable bonds is 1. The summed E-state index contributed by atoms with van der Waals surface area (Å²) in [5.41, 5.74) is 5.13. The number of pyridine rings is 1. The average Bonchev–Trinajstić information content (AvgIpc) is 2.49. The second-order valence-electron chi connectivity index (χ2n) is 3.71. The van der Waals surface area contributed by atoms with Gasteiger partial charge in [0.05, 0.1) is 0 Å². The number of nitrogens with two attached hydrogens (primary N) is 1. The van der Waals surface area contributed by atoms with Gasteiger partial charge in [-0.25, -0.2) is 4.39 Å². The Morgan fingerprint density at radius 1 is 1.62 bits per heavy atom. The van der Waals surface area contributed by atoms with Gasteiger partial charge in [-0.2, -0.15) is 0 Å². The van der Waals surface area contributed by atoms with Gasteiger partial charge in [0, 0.05) is 30.4 Å². The molecule has 0 spiro atoms. The summed E-state index contributed by atoms with van der Waals surface area (Å²) >= 11 is 0. The largest absolute Gasteiger partial charge is 0.328 e. The lowest BCUT2D eigenvalue weighted by Crippen LogP contribution is -2.21. The van der Waals surface area contributed by atoms with E-state index in [1.165, 1.54) is 0 Å². The first-order chi connectivity index (χ1) is 6.21. The smallest absolute Gasteiger partial charge is 0.139 e. The molecule has 0 aromatic carbocycles. The van der Waals surface area contributed by atoms with Gasteiger partial charge in [-0.3, -0.25) is 4.98 Å². The van der Waals surface area contributed by atoms with Crippen molar-refractivity contribution >= 4 is 0 Å². The van der Waals surface area contributed by atoms with Crippen molar-refractivity contribution in [1.82, 2.24) is 4.98 Å². The molecule has 1 heterocycles. The van der Waals surface area contributed by atoms with E-state index in [2.05, 4.69) is 4.98 Å². The van der Waals surface area contributed by atoms with Gasteiger partial charge in [0.2, 0.25) is 0 Å². The van der Waals surface area contributed by atoms with E-state index >= 15 is 0 Å². The van der Waals surface area contributed by atoms with Crippen molar-refractivity contribution in [1.29, 1.82) is 0 Å². The molecule has 0 saturated heterocycles. The summed E-state index contributed by atoms with van der Waals surface area (Å²) in [6.07, 6.45) is 4.98. The molecule has 0 aliphatic heterocycles. The van der Waals surface area contributed by atoms with Crippen LogP contribution in [0.5, 0.6) is 0 Å². The Morgan fingerprint density at radius 2 is 2.46 bits per heavy atom. The molecule has 2 rings (SSSR count). The zero-order valence-corrected chi connectivity index (χ0v) is 7.41. The van der Waals surface area contributed by atoms with E-state index in [1.54, 1.807) is 24.5 Å². The highest BCUT2D eigenvalue weighted by molar-refractivity contribution is 5.20. The molecular weight excluding hydrogens is 167 g/mol. The van der Waals surface area contributed by atoms with Crippen LogP contribution in [0.2, 0.25) is 0 Å². The first-order valence-corrected chi connectivity index (χ1v) is 4.56. The lowest BCUT2D eigenvalue weighted by atomic mass is 9.96. The van der Waals surface area contributed by atoms with Crippen LogP contribution in [0.4, 0.5) is 4.39 Å². The molecule has 2 N–H and O–H groups in total. The van der Waals surface area contributed by atoms with Crippen molar-refractivity contribution in [3.05, 3.63) is 30.1 Å². The van der Waals surface area contributed by atoms with Crippen LogP contribution in [0.1, 0.15) is 24.8 Å². The van der Waals surface area contributed by atoms with Gasteiger partial charge >= 0.3 is 0 Å². The third kappa shape index (κ3) is 1.56. The average molecular weight is 180 g/mol. The molecule has 1 aliphatic rings. The number of aromatic nitrogens is 1. The number of nitrogens with zero attached hydrogens (tertiary/aromatic N) is 1. The van der Waals surface area contributed by atoms with E-state index in [-0.39, 0.29) is 6.04 Å². The van der Waals surface area contributed by atoms with Gasteiger partial charge in [-0.15, -0.1) is 0 Å². The van der Waals surface area contributed by atoms with Crippen LogP contribution in [-0.4, -0.2) is 11.0 Å². The third-order valence-electron chi connectivity index (χ3n) is 2.68. The highest BCUT2D eigenvalue weighted by atomic mass is 19.1. The molecule has 2 nitrogen and oxygen atoms in total. The Morgan fingerprint density at radius 3 is 3.00 bits per heavy atom. The molecule has 3 heteroatoms. The number of hydrogen-bond acceptors (Lipinski definition) is 2. The highest BCUT2D eigenvalue weighted by Crippen LogP contribution is 2.41. The molecule has 1 aromatic heterocycles. The van der Waals surface area contributed by atoms with Gasteiger partial charge in [0.25, 0.3) is 0 Å². The van der Waals surface area contributed by atoms with Crippen molar-refractivity contribution in [3.63, 3.8) is 0 Å². The van der Waals surface area contributed by atoms with E-state index in [0.29, 0.717) is 18.4 Å². The fraction of sp³-hybridized carbons (Fsp3) is 0.500. The molecular formula is C10H13FN2. The van der Waals surface area contributed by atoms with Crippen molar-refractivity contribution < 1.29 is 4.39 Å². The lowest BCUT2D eigenvalue weighted by Gasteiger charge is -2.18. The van der Waals surface area contributed by atoms with Crippen LogP contribution in [0.15, 0.2) is 24.5 Å². The zero-order chi connectivity index (χ0) is 9.31. The molecule has 0 radical (unpaired) electrons. The Kier molecular flexibility index (Phi) is 2.04. The van der Waals surface area contributed by atoms with E-state index in [1.807, 2.05) is 0 Å².